The van der Waals surface area contributed by atoms with E-state index in [1.165, 1.54) is 38.5 Å². The Kier molecular flexibility index (Phi) is 6.78. The number of fused-ring (bicyclic) bond motifs is 1. The Morgan fingerprint density at radius 1 is 1.12 bits per heavy atom. The van der Waals surface area contributed by atoms with Crippen molar-refractivity contribution in [1.82, 2.24) is 4.90 Å². The number of nitrogens with one attached hydrogen (secondary N) is 1. The van der Waals surface area contributed by atoms with E-state index in [-0.39, 0.29) is 5.91 Å². The average molecular weight is 360 g/mol. The predicted molar refractivity (Wildman–Crippen MR) is 104 cm³/mol. The van der Waals surface area contributed by atoms with E-state index in [1.54, 1.807) is 0 Å². The van der Waals surface area contributed by atoms with Gasteiger partial charge in [0.15, 0.2) is 0 Å². The molecule has 5 heteroatoms. The summed E-state index contributed by atoms with van der Waals surface area (Å²) < 4.78 is 11.2. The lowest BCUT2D eigenvalue weighted by molar-refractivity contribution is -0.118. The molecule has 1 aliphatic heterocycles. The molecule has 0 radical (unpaired) electrons. The number of likely N-dealkylation sites (tertiary alicyclic amines) is 1. The van der Waals surface area contributed by atoms with Crippen molar-refractivity contribution in [3.05, 3.63) is 18.2 Å². The third kappa shape index (κ3) is 4.70. The van der Waals surface area contributed by atoms with Crippen molar-refractivity contribution >= 4 is 11.6 Å². The second-order valence-corrected chi connectivity index (χ2v) is 7.30. The van der Waals surface area contributed by atoms with E-state index < -0.39 is 0 Å². The van der Waals surface area contributed by atoms with E-state index in [0.717, 1.165) is 18.2 Å². The van der Waals surface area contributed by atoms with Crippen molar-refractivity contribution in [3.63, 3.8) is 0 Å². The molecular formula is C21H32N2O3. The number of rotatable bonds is 7. The zero-order valence-electron chi connectivity index (χ0n) is 16.1. The minimum absolute atomic E-state index is 0.0332. The molecule has 1 saturated carbocycles. The summed E-state index contributed by atoms with van der Waals surface area (Å²) in [4.78, 5) is 15.1. The first-order chi connectivity index (χ1) is 12.7. The number of amides is 1. The van der Waals surface area contributed by atoms with E-state index in [0.29, 0.717) is 37.2 Å². The molecule has 5 nitrogen and oxygen atoms in total. The van der Waals surface area contributed by atoms with Crippen LogP contribution in [0.3, 0.4) is 0 Å². The van der Waals surface area contributed by atoms with Gasteiger partial charge in [0.05, 0.1) is 25.4 Å². The van der Waals surface area contributed by atoms with Crippen LogP contribution in [-0.2, 0) is 4.79 Å². The van der Waals surface area contributed by atoms with Gasteiger partial charge in [-0.05, 0) is 64.1 Å². The number of hydrogen-bond acceptors (Lipinski definition) is 4. The van der Waals surface area contributed by atoms with Gasteiger partial charge in [-0.15, -0.1) is 0 Å². The maximum atomic E-state index is 12.7. The standard InChI is InChI=1S/C21H32N2O3/c1-3-25-17-11-12-20(26-4-2)18(14-17)22-21(24)15-23-13-7-9-16-8-5-6-10-19(16)23/h11-12,14,16,19H,3-10,13,15H2,1-2H3,(H,22,24)/t16-,19+/m0/s1. The van der Waals surface area contributed by atoms with Gasteiger partial charge in [0.2, 0.25) is 5.91 Å². The van der Waals surface area contributed by atoms with Crippen LogP contribution < -0.4 is 14.8 Å². The zero-order valence-corrected chi connectivity index (χ0v) is 16.1. The molecule has 1 aliphatic carbocycles. The van der Waals surface area contributed by atoms with Crippen LogP contribution in [0, 0.1) is 5.92 Å². The molecule has 26 heavy (non-hydrogen) atoms. The fourth-order valence-corrected chi connectivity index (χ4v) is 4.44. The average Bonchev–Trinajstić information content (AvgIpc) is 2.64. The van der Waals surface area contributed by atoms with Crippen molar-refractivity contribution in [2.75, 3.05) is 31.6 Å². The van der Waals surface area contributed by atoms with Crippen LogP contribution in [-0.4, -0.2) is 43.2 Å². The van der Waals surface area contributed by atoms with Crippen LogP contribution in [0.5, 0.6) is 11.5 Å². The summed E-state index contributed by atoms with van der Waals surface area (Å²) in [6.45, 7) is 6.55. The Balaban J connectivity index is 1.65. The van der Waals surface area contributed by atoms with Gasteiger partial charge in [-0.3, -0.25) is 9.69 Å². The maximum absolute atomic E-state index is 12.7. The summed E-state index contributed by atoms with van der Waals surface area (Å²) in [5.74, 6) is 2.26. The molecule has 2 atom stereocenters. The van der Waals surface area contributed by atoms with Crippen LogP contribution in [0.4, 0.5) is 5.69 Å². The first-order valence-electron chi connectivity index (χ1n) is 10.1. The number of carbonyl (C=O) groups is 1. The Bertz CT molecular complexity index is 603. The molecule has 2 fully saturated rings. The van der Waals surface area contributed by atoms with Crippen LogP contribution >= 0.6 is 0 Å². The van der Waals surface area contributed by atoms with Gasteiger partial charge >= 0.3 is 0 Å². The van der Waals surface area contributed by atoms with Gasteiger partial charge in [0.1, 0.15) is 11.5 Å². The Morgan fingerprint density at radius 2 is 1.88 bits per heavy atom. The number of hydrogen-bond donors (Lipinski definition) is 1. The molecule has 1 saturated heterocycles. The number of piperidine rings is 1. The number of anilines is 1. The molecule has 0 spiro atoms. The Labute approximate surface area is 157 Å². The summed E-state index contributed by atoms with van der Waals surface area (Å²) >= 11 is 0. The third-order valence-electron chi connectivity index (χ3n) is 5.54. The van der Waals surface area contributed by atoms with E-state index in [9.17, 15) is 4.79 Å². The number of ether oxygens (including phenoxy) is 2. The topological polar surface area (TPSA) is 50.8 Å². The molecule has 2 aliphatic rings. The van der Waals surface area contributed by atoms with Crippen molar-refractivity contribution in [2.45, 2.75) is 58.4 Å². The van der Waals surface area contributed by atoms with Gasteiger partial charge in [0.25, 0.3) is 0 Å². The van der Waals surface area contributed by atoms with Crippen molar-refractivity contribution in [1.29, 1.82) is 0 Å². The van der Waals surface area contributed by atoms with Gasteiger partial charge in [0, 0.05) is 12.1 Å². The lowest BCUT2D eigenvalue weighted by Gasteiger charge is -2.43. The summed E-state index contributed by atoms with van der Waals surface area (Å²) in [6, 6.07) is 6.18. The highest BCUT2D eigenvalue weighted by molar-refractivity contribution is 5.94. The number of nitrogens with zero attached hydrogens (tertiary/aromatic N) is 1. The van der Waals surface area contributed by atoms with Crippen LogP contribution in [0.25, 0.3) is 0 Å². The monoisotopic (exact) mass is 360 g/mol. The molecule has 1 amide bonds. The Morgan fingerprint density at radius 3 is 2.69 bits per heavy atom. The molecule has 0 bridgehead atoms. The zero-order chi connectivity index (χ0) is 18.4. The highest BCUT2D eigenvalue weighted by Gasteiger charge is 2.33. The van der Waals surface area contributed by atoms with E-state index in [1.807, 2.05) is 32.0 Å². The van der Waals surface area contributed by atoms with Gasteiger partial charge < -0.3 is 14.8 Å². The van der Waals surface area contributed by atoms with Crippen molar-refractivity contribution in [3.8, 4) is 11.5 Å². The Hall–Kier alpha value is -1.75. The maximum Gasteiger partial charge on any atom is 0.238 e. The lowest BCUT2D eigenvalue weighted by Crippen LogP contribution is -2.49. The van der Waals surface area contributed by atoms with E-state index in [4.69, 9.17) is 9.47 Å². The smallest absolute Gasteiger partial charge is 0.238 e. The van der Waals surface area contributed by atoms with Crippen LogP contribution in [0.1, 0.15) is 52.4 Å². The van der Waals surface area contributed by atoms with Crippen molar-refractivity contribution < 1.29 is 14.3 Å². The van der Waals surface area contributed by atoms with Gasteiger partial charge in [-0.25, -0.2) is 0 Å². The molecule has 1 heterocycles. The second kappa shape index (κ2) is 9.26. The number of carbonyl (C=O) groups excluding carboxylic acids is 1. The molecule has 0 aromatic heterocycles. The number of benzene rings is 1. The summed E-state index contributed by atoms with van der Waals surface area (Å²) in [5.41, 5.74) is 0.694. The third-order valence-corrected chi connectivity index (χ3v) is 5.54. The molecular weight excluding hydrogens is 328 g/mol. The van der Waals surface area contributed by atoms with E-state index in [2.05, 4.69) is 10.2 Å². The fourth-order valence-electron chi connectivity index (χ4n) is 4.44. The largest absolute Gasteiger partial charge is 0.494 e. The van der Waals surface area contributed by atoms with Crippen LogP contribution in [0.2, 0.25) is 0 Å². The molecule has 1 N–H and O–H groups in total. The molecule has 1 aromatic rings. The summed E-state index contributed by atoms with van der Waals surface area (Å²) in [7, 11) is 0. The summed E-state index contributed by atoms with van der Waals surface area (Å²) in [6.07, 6.45) is 7.75. The molecule has 1 aromatic carbocycles. The normalized spacial score (nSPS) is 23.2. The molecule has 0 unspecified atom stereocenters. The first-order valence-corrected chi connectivity index (χ1v) is 10.1. The first kappa shape index (κ1) is 19.0. The SMILES string of the molecule is CCOc1ccc(OCC)c(NC(=O)CN2CCC[C@@H]3CCCC[C@H]32)c1. The molecule has 3 rings (SSSR count). The lowest BCUT2D eigenvalue weighted by atomic mass is 9.78. The highest BCUT2D eigenvalue weighted by atomic mass is 16.5. The van der Waals surface area contributed by atoms with Crippen LogP contribution in [0.15, 0.2) is 18.2 Å². The van der Waals surface area contributed by atoms with E-state index >= 15 is 0 Å². The fraction of sp³-hybridized carbons (Fsp3) is 0.667. The van der Waals surface area contributed by atoms with Crippen molar-refractivity contribution in [2.24, 2.45) is 5.92 Å². The van der Waals surface area contributed by atoms with Gasteiger partial charge in [-0.2, -0.15) is 0 Å². The minimum atomic E-state index is 0.0332. The molecule has 144 valence electrons. The van der Waals surface area contributed by atoms with Gasteiger partial charge in [-0.1, -0.05) is 12.8 Å². The predicted octanol–water partition coefficient (Wildman–Crippen LogP) is 4.08. The second-order valence-electron chi connectivity index (χ2n) is 7.30. The minimum Gasteiger partial charge on any atom is -0.494 e. The highest BCUT2D eigenvalue weighted by Crippen LogP contribution is 2.35. The quantitative estimate of drug-likeness (QED) is 0.796. The summed E-state index contributed by atoms with van der Waals surface area (Å²) in [5, 5.41) is 3.05.